The first-order chi connectivity index (χ1) is 13.7. The zero-order chi connectivity index (χ0) is 19.3. The van der Waals surface area contributed by atoms with Crippen molar-refractivity contribution in [2.45, 2.75) is 25.0 Å². The fraction of sp³-hybridized carbons (Fsp3) is 0.409. The van der Waals surface area contributed by atoms with E-state index in [-0.39, 0.29) is 12.2 Å². The number of hydrogen-bond acceptors (Lipinski definition) is 6. The molecule has 1 atom stereocenters. The number of piperidine rings is 1. The molecule has 1 fully saturated rings. The maximum Gasteiger partial charge on any atom is 0.135 e. The van der Waals surface area contributed by atoms with Crippen LogP contribution in [0.1, 0.15) is 29.5 Å². The van der Waals surface area contributed by atoms with Gasteiger partial charge in [0.05, 0.1) is 16.3 Å². The molecule has 1 aliphatic heterocycles. The third-order valence-corrected chi connectivity index (χ3v) is 6.16. The van der Waals surface area contributed by atoms with Gasteiger partial charge in [-0.15, -0.1) is 11.3 Å². The summed E-state index contributed by atoms with van der Waals surface area (Å²) >= 11 is 1.71. The van der Waals surface area contributed by atoms with Crippen LogP contribution in [0.2, 0.25) is 0 Å². The minimum absolute atomic E-state index is 0.188. The van der Waals surface area contributed by atoms with E-state index in [2.05, 4.69) is 42.3 Å². The second-order valence-electron chi connectivity index (χ2n) is 7.25. The van der Waals surface area contributed by atoms with Crippen molar-refractivity contribution >= 4 is 21.6 Å². The molecule has 0 spiro atoms. The SMILES string of the molecule is CN1CCC(OC(c2cccc(OCCN)c2)c2nc3ccccc3s2)CC1. The van der Waals surface area contributed by atoms with Gasteiger partial charge in [0.2, 0.25) is 0 Å². The summed E-state index contributed by atoms with van der Waals surface area (Å²) in [5.41, 5.74) is 7.68. The van der Waals surface area contributed by atoms with Gasteiger partial charge >= 0.3 is 0 Å². The molecule has 0 bridgehead atoms. The zero-order valence-corrected chi connectivity index (χ0v) is 17.0. The van der Waals surface area contributed by atoms with Gasteiger partial charge in [-0.3, -0.25) is 0 Å². The average Bonchev–Trinajstić information content (AvgIpc) is 3.16. The van der Waals surface area contributed by atoms with E-state index >= 15 is 0 Å². The van der Waals surface area contributed by atoms with Gasteiger partial charge in [0, 0.05) is 19.6 Å². The Morgan fingerprint density at radius 3 is 2.79 bits per heavy atom. The third kappa shape index (κ3) is 4.52. The summed E-state index contributed by atoms with van der Waals surface area (Å²) in [5.74, 6) is 0.820. The van der Waals surface area contributed by atoms with E-state index in [0.29, 0.717) is 13.2 Å². The van der Waals surface area contributed by atoms with Gasteiger partial charge in [0.1, 0.15) is 23.5 Å². The predicted octanol–water partition coefficient (Wildman–Crippen LogP) is 3.83. The lowest BCUT2D eigenvalue weighted by Crippen LogP contribution is -2.35. The normalized spacial score (nSPS) is 17.1. The van der Waals surface area contributed by atoms with Gasteiger partial charge in [-0.05, 0) is 49.7 Å². The van der Waals surface area contributed by atoms with Crippen LogP contribution in [-0.2, 0) is 4.74 Å². The summed E-state index contributed by atoms with van der Waals surface area (Å²) in [6, 6.07) is 16.4. The fourth-order valence-electron chi connectivity index (χ4n) is 3.54. The lowest BCUT2D eigenvalue weighted by atomic mass is 10.1. The third-order valence-electron chi connectivity index (χ3n) is 5.08. The molecule has 1 saturated heterocycles. The molecule has 1 unspecified atom stereocenters. The molecule has 0 aliphatic carbocycles. The first-order valence-corrected chi connectivity index (χ1v) is 10.7. The Morgan fingerprint density at radius 1 is 1.18 bits per heavy atom. The Hall–Kier alpha value is -1.99. The number of rotatable bonds is 7. The monoisotopic (exact) mass is 397 g/mol. The van der Waals surface area contributed by atoms with Gasteiger partial charge in [0.15, 0.2) is 0 Å². The van der Waals surface area contributed by atoms with Crippen molar-refractivity contribution in [2.24, 2.45) is 5.73 Å². The number of nitrogens with two attached hydrogens (primary N) is 1. The summed E-state index contributed by atoms with van der Waals surface area (Å²) in [4.78, 5) is 7.24. The molecule has 148 valence electrons. The van der Waals surface area contributed by atoms with Gasteiger partial charge < -0.3 is 20.1 Å². The van der Waals surface area contributed by atoms with Crippen LogP contribution >= 0.6 is 11.3 Å². The first kappa shape index (κ1) is 19.3. The van der Waals surface area contributed by atoms with E-state index < -0.39 is 0 Å². The van der Waals surface area contributed by atoms with Crippen molar-refractivity contribution in [2.75, 3.05) is 33.3 Å². The molecule has 0 saturated carbocycles. The molecule has 2 aromatic carbocycles. The van der Waals surface area contributed by atoms with E-state index in [0.717, 1.165) is 47.8 Å². The molecule has 0 amide bonds. The topological polar surface area (TPSA) is 60.6 Å². The maximum absolute atomic E-state index is 6.64. The highest BCUT2D eigenvalue weighted by molar-refractivity contribution is 7.18. The van der Waals surface area contributed by atoms with Gasteiger partial charge in [0.25, 0.3) is 0 Å². The fourth-order valence-corrected chi connectivity index (χ4v) is 4.57. The molecule has 1 aromatic heterocycles. The van der Waals surface area contributed by atoms with Crippen molar-refractivity contribution in [3.63, 3.8) is 0 Å². The van der Waals surface area contributed by atoms with Crippen molar-refractivity contribution in [3.05, 3.63) is 59.1 Å². The number of nitrogens with zero attached hydrogens (tertiary/aromatic N) is 2. The Balaban J connectivity index is 1.64. The van der Waals surface area contributed by atoms with Crippen molar-refractivity contribution in [1.29, 1.82) is 0 Å². The minimum Gasteiger partial charge on any atom is -0.492 e. The number of ether oxygens (including phenoxy) is 2. The summed E-state index contributed by atoms with van der Waals surface area (Å²) in [6.07, 6.45) is 2.14. The van der Waals surface area contributed by atoms with Crippen LogP contribution in [0.5, 0.6) is 5.75 Å². The molecule has 5 nitrogen and oxygen atoms in total. The Bertz CT molecular complexity index is 872. The molecule has 2 N–H and O–H groups in total. The van der Waals surface area contributed by atoms with E-state index in [4.69, 9.17) is 20.2 Å². The largest absolute Gasteiger partial charge is 0.492 e. The van der Waals surface area contributed by atoms with Gasteiger partial charge in [-0.1, -0.05) is 24.3 Å². The Morgan fingerprint density at radius 2 is 2.00 bits per heavy atom. The lowest BCUT2D eigenvalue weighted by molar-refractivity contribution is -0.0235. The van der Waals surface area contributed by atoms with Crippen LogP contribution < -0.4 is 10.5 Å². The number of para-hydroxylation sites is 1. The molecule has 28 heavy (non-hydrogen) atoms. The molecular formula is C22H27N3O2S. The maximum atomic E-state index is 6.64. The minimum atomic E-state index is -0.188. The molecule has 4 rings (SSSR count). The second-order valence-corrected chi connectivity index (χ2v) is 8.31. The number of thiazole rings is 1. The number of hydrogen-bond donors (Lipinski definition) is 1. The van der Waals surface area contributed by atoms with Crippen molar-refractivity contribution < 1.29 is 9.47 Å². The van der Waals surface area contributed by atoms with E-state index in [1.807, 2.05) is 18.2 Å². The predicted molar refractivity (Wildman–Crippen MR) is 114 cm³/mol. The standard InChI is InChI=1S/C22H27N3O2S/c1-25-12-9-17(10-13-25)27-21(16-5-4-6-18(15-16)26-14-11-23)22-24-19-7-2-3-8-20(19)28-22/h2-8,15,17,21H,9-14,23H2,1H3. The van der Waals surface area contributed by atoms with E-state index in [9.17, 15) is 0 Å². The number of aromatic nitrogens is 1. The highest BCUT2D eigenvalue weighted by Crippen LogP contribution is 2.36. The highest BCUT2D eigenvalue weighted by Gasteiger charge is 2.26. The van der Waals surface area contributed by atoms with Crippen LogP contribution in [0.4, 0.5) is 0 Å². The molecular weight excluding hydrogens is 370 g/mol. The van der Waals surface area contributed by atoms with Crippen LogP contribution in [0.3, 0.4) is 0 Å². The summed E-state index contributed by atoms with van der Waals surface area (Å²) < 4.78 is 13.6. The highest BCUT2D eigenvalue weighted by atomic mass is 32.1. The average molecular weight is 398 g/mol. The summed E-state index contributed by atoms with van der Waals surface area (Å²) in [7, 11) is 2.17. The molecule has 6 heteroatoms. The van der Waals surface area contributed by atoms with Crippen molar-refractivity contribution in [3.8, 4) is 5.75 Å². The number of benzene rings is 2. The van der Waals surface area contributed by atoms with Gasteiger partial charge in [-0.2, -0.15) is 0 Å². The number of fused-ring (bicyclic) bond motifs is 1. The molecule has 1 aliphatic rings. The second kappa shape index (κ2) is 9.01. The van der Waals surface area contributed by atoms with Crippen LogP contribution in [-0.4, -0.2) is 49.3 Å². The van der Waals surface area contributed by atoms with E-state index in [1.165, 1.54) is 4.70 Å². The smallest absolute Gasteiger partial charge is 0.135 e. The Labute approximate surface area is 170 Å². The summed E-state index contributed by atoms with van der Waals surface area (Å²) in [5, 5.41) is 0.996. The quantitative estimate of drug-likeness (QED) is 0.656. The van der Waals surface area contributed by atoms with Crippen LogP contribution in [0.25, 0.3) is 10.2 Å². The number of likely N-dealkylation sites (tertiary alicyclic amines) is 1. The van der Waals surface area contributed by atoms with Gasteiger partial charge in [-0.25, -0.2) is 4.98 Å². The lowest BCUT2D eigenvalue weighted by Gasteiger charge is -2.31. The zero-order valence-electron chi connectivity index (χ0n) is 16.2. The van der Waals surface area contributed by atoms with Crippen LogP contribution in [0, 0.1) is 0 Å². The Kier molecular flexibility index (Phi) is 6.22. The first-order valence-electron chi connectivity index (χ1n) is 9.85. The molecule has 3 aromatic rings. The van der Waals surface area contributed by atoms with Crippen molar-refractivity contribution in [1.82, 2.24) is 9.88 Å². The molecule has 0 radical (unpaired) electrons. The summed E-state index contributed by atoms with van der Waals surface area (Å²) in [6.45, 7) is 3.14. The molecule has 2 heterocycles. The van der Waals surface area contributed by atoms with E-state index in [1.54, 1.807) is 11.3 Å². The van der Waals surface area contributed by atoms with Crippen LogP contribution in [0.15, 0.2) is 48.5 Å².